The fraction of sp³-hybridized carbons (Fsp3) is 0.765. The summed E-state index contributed by atoms with van der Waals surface area (Å²) in [6.07, 6.45) is 7.51. The molecule has 1 heterocycles. The fourth-order valence-electron chi connectivity index (χ4n) is 3.63. The first-order chi connectivity index (χ1) is 9.91. The summed E-state index contributed by atoms with van der Waals surface area (Å²) in [4.78, 5) is 25.7. The lowest BCUT2D eigenvalue weighted by atomic mass is 9.75. The van der Waals surface area contributed by atoms with E-state index in [0.717, 1.165) is 25.7 Å². The second-order valence-electron chi connectivity index (χ2n) is 7.27. The quantitative estimate of drug-likeness (QED) is 0.813. The number of piperidine rings is 1. The van der Waals surface area contributed by atoms with Crippen molar-refractivity contribution in [2.75, 3.05) is 13.1 Å². The number of amides is 2. The highest BCUT2D eigenvalue weighted by Crippen LogP contribution is 2.35. The molecule has 1 unspecified atom stereocenters. The number of likely N-dealkylation sites (tertiary alicyclic amines) is 1. The SMILES string of the molecule is C=CC(=O)N1CCC(C(=O)NC2CCCC(C)(C)C2)CC1. The van der Waals surface area contributed by atoms with Crippen LogP contribution >= 0.6 is 0 Å². The Kier molecular flexibility index (Phi) is 5.07. The van der Waals surface area contributed by atoms with Gasteiger partial charge in [0.05, 0.1) is 0 Å². The van der Waals surface area contributed by atoms with E-state index in [9.17, 15) is 9.59 Å². The van der Waals surface area contributed by atoms with Gasteiger partial charge in [-0.05, 0) is 43.6 Å². The molecule has 0 bridgehead atoms. The van der Waals surface area contributed by atoms with E-state index < -0.39 is 0 Å². The third-order valence-electron chi connectivity index (χ3n) is 4.90. The lowest BCUT2D eigenvalue weighted by molar-refractivity contribution is -0.132. The normalized spacial score (nSPS) is 26.2. The van der Waals surface area contributed by atoms with Crippen LogP contribution in [0.5, 0.6) is 0 Å². The molecule has 2 rings (SSSR count). The molecule has 2 aliphatic rings. The van der Waals surface area contributed by atoms with Gasteiger partial charge in [-0.15, -0.1) is 0 Å². The summed E-state index contributed by atoms with van der Waals surface area (Å²) >= 11 is 0. The van der Waals surface area contributed by atoms with Gasteiger partial charge in [0.25, 0.3) is 0 Å². The number of hydrogen-bond donors (Lipinski definition) is 1. The van der Waals surface area contributed by atoms with Crippen molar-refractivity contribution in [1.29, 1.82) is 0 Å². The third-order valence-corrected chi connectivity index (χ3v) is 4.90. The van der Waals surface area contributed by atoms with Gasteiger partial charge >= 0.3 is 0 Å². The minimum absolute atomic E-state index is 0.0251. The summed E-state index contributed by atoms with van der Waals surface area (Å²) in [5.41, 5.74) is 0.343. The zero-order chi connectivity index (χ0) is 15.5. The first-order valence-electron chi connectivity index (χ1n) is 8.13. The highest BCUT2D eigenvalue weighted by atomic mass is 16.2. The van der Waals surface area contributed by atoms with E-state index >= 15 is 0 Å². The summed E-state index contributed by atoms with van der Waals surface area (Å²) in [7, 11) is 0. The van der Waals surface area contributed by atoms with E-state index in [4.69, 9.17) is 0 Å². The number of nitrogens with one attached hydrogen (secondary N) is 1. The Balaban J connectivity index is 1.80. The Hall–Kier alpha value is -1.32. The van der Waals surface area contributed by atoms with Crippen LogP contribution in [0, 0.1) is 11.3 Å². The second kappa shape index (κ2) is 6.63. The second-order valence-corrected chi connectivity index (χ2v) is 7.27. The van der Waals surface area contributed by atoms with Crippen molar-refractivity contribution in [3.63, 3.8) is 0 Å². The highest BCUT2D eigenvalue weighted by Gasteiger charge is 2.31. The van der Waals surface area contributed by atoms with Crippen molar-refractivity contribution in [1.82, 2.24) is 10.2 Å². The summed E-state index contributed by atoms with van der Waals surface area (Å²) in [6.45, 7) is 9.41. The topological polar surface area (TPSA) is 49.4 Å². The largest absolute Gasteiger partial charge is 0.353 e. The van der Waals surface area contributed by atoms with Gasteiger partial charge in [-0.25, -0.2) is 0 Å². The zero-order valence-corrected chi connectivity index (χ0v) is 13.4. The molecular formula is C17H28N2O2. The highest BCUT2D eigenvalue weighted by molar-refractivity contribution is 5.87. The Morgan fingerprint density at radius 2 is 1.90 bits per heavy atom. The smallest absolute Gasteiger partial charge is 0.245 e. The molecule has 0 aromatic carbocycles. The summed E-state index contributed by atoms with van der Waals surface area (Å²) in [5, 5.41) is 3.24. The molecule has 1 aliphatic carbocycles. The number of rotatable bonds is 3. The van der Waals surface area contributed by atoms with Crippen LogP contribution in [-0.2, 0) is 9.59 Å². The van der Waals surface area contributed by atoms with Gasteiger partial charge in [0.1, 0.15) is 0 Å². The fourth-order valence-corrected chi connectivity index (χ4v) is 3.63. The monoisotopic (exact) mass is 292 g/mol. The van der Waals surface area contributed by atoms with Gasteiger partial charge in [0, 0.05) is 25.0 Å². The van der Waals surface area contributed by atoms with Crippen LogP contribution in [0.15, 0.2) is 12.7 Å². The van der Waals surface area contributed by atoms with Crippen LogP contribution in [-0.4, -0.2) is 35.8 Å². The molecular weight excluding hydrogens is 264 g/mol. The van der Waals surface area contributed by atoms with Crippen LogP contribution < -0.4 is 5.32 Å². The Morgan fingerprint density at radius 1 is 1.24 bits per heavy atom. The molecule has 1 atom stereocenters. The Morgan fingerprint density at radius 3 is 2.48 bits per heavy atom. The lowest BCUT2D eigenvalue weighted by Gasteiger charge is -2.37. The van der Waals surface area contributed by atoms with Crippen molar-refractivity contribution >= 4 is 11.8 Å². The number of carbonyl (C=O) groups is 2. The first-order valence-corrected chi connectivity index (χ1v) is 8.13. The lowest BCUT2D eigenvalue weighted by Crippen LogP contribution is -2.46. The van der Waals surface area contributed by atoms with Crippen molar-refractivity contribution in [3.05, 3.63) is 12.7 Å². The number of nitrogens with zero attached hydrogens (tertiary/aromatic N) is 1. The van der Waals surface area contributed by atoms with E-state index in [2.05, 4.69) is 25.7 Å². The van der Waals surface area contributed by atoms with Crippen LogP contribution in [0.2, 0.25) is 0 Å². The Labute approximate surface area is 128 Å². The molecule has 0 spiro atoms. The maximum absolute atomic E-state index is 12.4. The summed E-state index contributed by atoms with van der Waals surface area (Å²) in [5.74, 6) is 0.218. The standard InChI is InChI=1S/C17H28N2O2/c1-4-15(20)19-10-7-13(8-11-19)16(21)18-14-6-5-9-17(2,3)12-14/h4,13-14H,1,5-12H2,2-3H3,(H,18,21). The average Bonchev–Trinajstić information content (AvgIpc) is 2.45. The van der Waals surface area contributed by atoms with E-state index in [1.807, 2.05) is 0 Å². The molecule has 0 aromatic heterocycles. The van der Waals surface area contributed by atoms with E-state index in [0.29, 0.717) is 24.5 Å². The van der Waals surface area contributed by atoms with Crippen molar-refractivity contribution in [2.45, 2.75) is 58.4 Å². The molecule has 4 nitrogen and oxygen atoms in total. The van der Waals surface area contributed by atoms with Crippen molar-refractivity contribution in [3.8, 4) is 0 Å². The maximum atomic E-state index is 12.4. The molecule has 0 radical (unpaired) electrons. The summed E-state index contributed by atoms with van der Waals surface area (Å²) in [6, 6.07) is 0.328. The maximum Gasteiger partial charge on any atom is 0.245 e. The molecule has 1 saturated carbocycles. The van der Waals surface area contributed by atoms with Crippen LogP contribution in [0.4, 0.5) is 0 Å². The molecule has 118 valence electrons. The van der Waals surface area contributed by atoms with Gasteiger partial charge < -0.3 is 10.2 Å². The molecule has 1 aliphatic heterocycles. The predicted octanol–water partition coefficient (Wildman–Crippen LogP) is 2.50. The van der Waals surface area contributed by atoms with E-state index in [-0.39, 0.29) is 17.7 Å². The van der Waals surface area contributed by atoms with E-state index in [1.165, 1.54) is 18.9 Å². The molecule has 1 N–H and O–H groups in total. The number of carbonyl (C=O) groups excluding carboxylic acids is 2. The van der Waals surface area contributed by atoms with E-state index in [1.54, 1.807) is 4.90 Å². The minimum Gasteiger partial charge on any atom is -0.353 e. The predicted molar refractivity (Wildman–Crippen MR) is 83.7 cm³/mol. The summed E-state index contributed by atoms with van der Waals surface area (Å²) < 4.78 is 0. The van der Waals surface area contributed by atoms with Crippen LogP contribution in [0.1, 0.15) is 52.4 Å². The van der Waals surface area contributed by atoms with Crippen molar-refractivity contribution in [2.24, 2.45) is 11.3 Å². The molecule has 4 heteroatoms. The minimum atomic E-state index is -0.0251. The molecule has 2 amide bonds. The van der Waals surface area contributed by atoms with Gasteiger partial charge in [-0.3, -0.25) is 9.59 Å². The Bertz CT molecular complexity index is 409. The van der Waals surface area contributed by atoms with Gasteiger partial charge in [0.15, 0.2) is 0 Å². The van der Waals surface area contributed by atoms with Crippen LogP contribution in [0.3, 0.4) is 0 Å². The van der Waals surface area contributed by atoms with Crippen molar-refractivity contribution < 1.29 is 9.59 Å². The molecule has 1 saturated heterocycles. The third kappa shape index (κ3) is 4.32. The number of hydrogen-bond acceptors (Lipinski definition) is 2. The molecule has 21 heavy (non-hydrogen) atoms. The van der Waals surface area contributed by atoms with Gasteiger partial charge in [-0.2, -0.15) is 0 Å². The van der Waals surface area contributed by atoms with Gasteiger partial charge in [-0.1, -0.05) is 26.8 Å². The molecule has 2 fully saturated rings. The zero-order valence-electron chi connectivity index (χ0n) is 13.4. The molecule has 0 aromatic rings. The van der Waals surface area contributed by atoms with Gasteiger partial charge in [0.2, 0.25) is 11.8 Å². The van der Waals surface area contributed by atoms with Crippen LogP contribution in [0.25, 0.3) is 0 Å². The average molecular weight is 292 g/mol. The first kappa shape index (κ1) is 16.1.